The monoisotopic (exact) mass is 281 g/mol. The molecule has 1 heterocycles. The van der Waals surface area contributed by atoms with Crippen molar-refractivity contribution in [2.75, 3.05) is 6.54 Å². The zero-order valence-corrected chi connectivity index (χ0v) is 12.8. The van der Waals surface area contributed by atoms with Gasteiger partial charge in [-0.25, -0.2) is 0 Å². The van der Waals surface area contributed by atoms with Gasteiger partial charge >= 0.3 is 0 Å². The summed E-state index contributed by atoms with van der Waals surface area (Å²) >= 11 is 0. The molecule has 1 N–H and O–H groups in total. The van der Waals surface area contributed by atoms with E-state index in [0.717, 1.165) is 25.1 Å². The number of aryl methyl sites for hydroxylation is 1. The van der Waals surface area contributed by atoms with Gasteiger partial charge in [0.25, 0.3) is 0 Å². The molecule has 1 aliphatic rings. The van der Waals surface area contributed by atoms with E-state index in [4.69, 9.17) is 4.74 Å². The van der Waals surface area contributed by atoms with E-state index in [1.807, 2.05) is 0 Å². The van der Waals surface area contributed by atoms with Crippen LogP contribution < -0.4 is 10.1 Å². The minimum absolute atomic E-state index is 0.250. The van der Waals surface area contributed by atoms with E-state index < -0.39 is 0 Å². The Kier molecular flexibility index (Phi) is 4.26. The lowest BCUT2D eigenvalue weighted by Crippen LogP contribution is -2.32. The van der Waals surface area contributed by atoms with Gasteiger partial charge in [0.1, 0.15) is 11.9 Å². The molecule has 2 unspecified atom stereocenters. The van der Waals surface area contributed by atoms with Gasteiger partial charge in [0.2, 0.25) is 0 Å². The van der Waals surface area contributed by atoms with Crippen molar-refractivity contribution in [2.45, 2.75) is 38.8 Å². The molecule has 0 aliphatic carbocycles. The number of rotatable bonds is 5. The standard InChI is InChI=1S/C19H23NO/c1-3-18(15-7-5-4-6-8-15)20-13-17-12-16-11-14(2)9-10-19(16)21-17/h4-11,17-18,20H,3,12-13H2,1-2H3. The van der Waals surface area contributed by atoms with Crippen LogP contribution in [0.2, 0.25) is 0 Å². The smallest absolute Gasteiger partial charge is 0.123 e. The summed E-state index contributed by atoms with van der Waals surface area (Å²) in [5.74, 6) is 1.06. The normalized spacial score (nSPS) is 18.1. The van der Waals surface area contributed by atoms with Gasteiger partial charge in [-0.2, -0.15) is 0 Å². The number of benzene rings is 2. The van der Waals surface area contributed by atoms with Crippen molar-refractivity contribution in [1.29, 1.82) is 0 Å². The first kappa shape index (κ1) is 14.2. The molecule has 0 fully saturated rings. The van der Waals surface area contributed by atoms with Crippen LogP contribution in [-0.2, 0) is 6.42 Å². The second kappa shape index (κ2) is 6.31. The highest BCUT2D eigenvalue weighted by molar-refractivity contribution is 5.40. The van der Waals surface area contributed by atoms with E-state index in [1.165, 1.54) is 16.7 Å². The number of fused-ring (bicyclic) bond motifs is 1. The molecular formula is C19H23NO. The quantitative estimate of drug-likeness (QED) is 0.893. The number of ether oxygens (including phenoxy) is 1. The average molecular weight is 281 g/mol. The minimum atomic E-state index is 0.250. The SMILES string of the molecule is CCC(NCC1Cc2cc(C)ccc2O1)c1ccccc1. The second-order valence-corrected chi connectivity index (χ2v) is 5.83. The molecule has 3 rings (SSSR count). The molecule has 0 radical (unpaired) electrons. The first-order valence-corrected chi connectivity index (χ1v) is 7.80. The zero-order valence-electron chi connectivity index (χ0n) is 12.8. The molecule has 2 atom stereocenters. The second-order valence-electron chi connectivity index (χ2n) is 5.83. The Morgan fingerprint density at radius 1 is 1.19 bits per heavy atom. The van der Waals surface area contributed by atoms with Gasteiger partial charge < -0.3 is 10.1 Å². The molecule has 2 aromatic rings. The number of hydrogen-bond acceptors (Lipinski definition) is 2. The number of hydrogen-bond donors (Lipinski definition) is 1. The third kappa shape index (κ3) is 3.27. The summed E-state index contributed by atoms with van der Waals surface area (Å²) < 4.78 is 6.03. The van der Waals surface area contributed by atoms with Crippen LogP contribution in [0.1, 0.15) is 36.1 Å². The van der Waals surface area contributed by atoms with Crippen LogP contribution in [0, 0.1) is 6.92 Å². The van der Waals surface area contributed by atoms with Gasteiger partial charge in [-0.3, -0.25) is 0 Å². The van der Waals surface area contributed by atoms with Gasteiger partial charge in [-0.1, -0.05) is 55.0 Å². The zero-order chi connectivity index (χ0) is 14.7. The van der Waals surface area contributed by atoms with Crippen LogP contribution in [0.25, 0.3) is 0 Å². The maximum absolute atomic E-state index is 6.03. The lowest BCUT2D eigenvalue weighted by atomic mass is 10.0. The van der Waals surface area contributed by atoms with Gasteiger partial charge in [-0.05, 0) is 30.5 Å². The molecular weight excluding hydrogens is 258 g/mol. The summed E-state index contributed by atoms with van der Waals surface area (Å²) in [5, 5.41) is 3.65. The van der Waals surface area contributed by atoms with E-state index in [0.29, 0.717) is 6.04 Å². The van der Waals surface area contributed by atoms with E-state index in [1.54, 1.807) is 0 Å². The third-order valence-corrected chi connectivity index (χ3v) is 4.16. The maximum atomic E-state index is 6.03. The minimum Gasteiger partial charge on any atom is -0.488 e. The number of nitrogens with one attached hydrogen (secondary N) is 1. The third-order valence-electron chi connectivity index (χ3n) is 4.16. The van der Waals surface area contributed by atoms with E-state index in [2.05, 4.69) is 67.7 Å². The molecule has 21 heavy (non-hydrogen) atoms. The van der Waals surface area contributed by atoms with Crippen LogP contribution in [0.15, 0.2) is 48.5 Å². The van der Waals surface area contributed by atoms with Gasteiger partial charge in [0, 0.05) is 19.0 Å². The Labute approximate surface area is 127 Å². The van der Waals surface area contributed by atoms with Crippen LogP contribution in [0.3, 0.4) is 0 Å². The van der Waals surface area contributed by atoms with Crippen LogP contribution in [0.4, 0.5) is 0 Å². The Balaban J connectivity index is 1.59. The summed E-state index contributed by atoms with van der Waals surface area (Å²) in [4.78, 5) is 0. The van der Waals surface area contributed by atoms with Crippen molar-refractivity contribution >= 4 is 0 Å². The fraction of sp³-hybridized carbons (Fsp3) is 0.368. The van der Waals surface area contributed by atoms with Crippen LogP contribution in [0.5, 0.6) is 5.75 Å². The van der Waals surface area contributed by atoms with Crippen LogP contribution in [-0.4, -0.2) is 12.6 Å². The van der Waals surface area contributed by atoms with Crippen molar-refractivity contribution in [2.24, 2.45) is 0 Å². The van der Waals surface area contributed by atoms with Crippen molar-refractivity contribution in [1.82, 2.24) is 5.32 Å². The summed E-state index contributed by atoms with van der Waals surface area (Å²) in [6, 6.07) is 17.5. The Hall–Kier alpha value is -1.80. The molecule has 0 amide bonds. The molecule has 0 spiro atoms. The molecule has 2 nitrogen and oxygen atoms in total. The molecule has 0 saturated carbocycles. The first-order chi connectivity index (χ1) is 10.3. The summed E-state index contributed by atoms with van der Waals surface area (Å²) in [5.41, 5.74) is 4.00. The Bertz CT molecular complexity index is 594. The lowest BCUT2D eigenvalue weighted by molar-refractivity contribution is 0.220. The topological polar surface area (TPSA) is 21.3 Å². The predicted octanol–water partition coefficient (Wildman–Crippen LogP) is 4.04. The van der Waals surface area contributed by atoms with Gasteiger partial charge in [-0.15, -0.1) is 0 Å². The summed E-state index contributed by atoms with van der Waals surface area (Å²) in [6.45, 7) is 5.24. The Morgan fingerprint density at radius 3 is 2.76 bits per heavy atom. The highest BCUT2D eigenvalue weighted by Gasteiger charge is 2.23. The largest absolute Gasteiger partial charge is 0.488 e. The molecule has 0 saturated heterocycles. The van der Waals surface area contributed by atoms with Crippen molar-refractivity contribution < 1.29 is 4.74 Å². The molecule has 2 heteroatoms. The van der Waals surface area contributed by atoms with Crippen LogP contribution >= 0.6 is 0 Å². The summed E-state index contributed by atoms with van der Waals surface area (Å²) in [7, 11) is 0. The van der Waals surface area contributed by atoms with Crippen molar-refractivity contribution in [3.8, 4) is 5.75 Å². The molecule has 0 bridgehead atoms. The van der Waals surface area contributed by atoms with E-state index >= 15 is 0 Å². The molecule has 1 aliphatic heterocycles. The lowest BCUT2D eigenvalue weighted by Gasteiger charge is -2.20. The molecule has 2 aromatic carbocycles. The summed E-state index contributed by atoms with van der Waals surface area (Å²) in [6.07, 6.45) is 2.34. The first-order valence-electron chi connectivity index (χ1n) is 7.80. The Morgan fingerprint density at radius 2 is 2.00 bits per heavy atom. The fourth-order valence-corrected chi connectivity index (χ4v) is 3.02. The maximum Gasteiger partial charge on any atom is 0.123 e. The predicted molar refractivity (Wildman–Crippen MR) is 86.8 cm³/mol. The molecule has 0 aromatic heterocycles. The highest BCUT2D eigenvalue weighted by atomic mass is 16.5. The average Bonchev–Trinajstić information content (AvgIpc) is 2.91. The fourth-order valence-electron chi connectivity index (χ4n) is 3.02. The van der Waals surface area contributed by atoms with Gasteiger partial charge in [0.15, 0.2) is 0 Å². The van der Waals surface area contributed by atoms with E-state index in [-0.39, 0.29) is 6.10 Å². The van der Waals surface area contributed by atoms with Crippen molar-refractivity contribution in [3.05, 3.63) is 65.2 Å². The van der Waals surface area contributed by atoms with Gasteiger partial charge in [0.05, 0.1) is 0 Å². The highest BCUT2D eigenvalue weighted by Crippen LogP contribution is 2.29. The molecule has 110 valence electrons. The van der Waals surface area contributed by atoms with E-state index in [9.17, 15) is 0 Å². The van der Waals surface area contributed by atoms with Crippen molar-refractivity contribution in [3.63, 3.8) is 0 Å².